The van der Waals surface area contributed by atoms with E-state index in [1.807, 2.05) is 0 Å². The topological polar surface area (TPSA) is 92.6 Å². The van der Waals surface area contributed by atoms with Crippen LogP contribution in [0.1, 0.15) is 0 Å². The van der Waals surface area contributed by atoms with Crippen LogP contribution >= 0.6 is 7.37 Å². The molecule has 2 aromatic rings. The van der Waals surface area contributed by atoms with E-state index in [9.17, 15) is 9.46 Å². The van der Waals surface area contributed by atoms with Gasteiger partial charge < -0.3 is 41.2 Å². The summed E-state index contributed by atoms with van der Waals surface area (Å²) < 4.78 is 12.4. The fraction of sp³-hybridized carbons (Fsp3) is 0. The molecule has 0 atom stereocenters. The van der Waals surface area contributed by atoms with E-state index in [-0.39, 0.29) is 24.8 Å². The maximum Gasteiger partial charge on any atom is 0.259 e. The molecular weight excluding hydrogens is 306 g/mol. The number of halogens is 2. The summed E-state index contributed by atoms with van der Waals surface area (Å²) in [5.41, 5.74) is 8.97. The van der Waals surface area contributed by atoms with E-state index < -0.39 is 7.37 Å². The molecule has 0 saturated carbocycles. The van der Waals surface area contributed by atoms with Crippen molar-refractivity contribution in [3.8, 4) is 0 Å². The first kappa shape index (κ1) is 18.1. The maximum atomic E-state index is 12.4. The van der Waals surface area contributed by atoms with Gasteiger partial charge in [-0.05, 0) is 24.3 Å². The molecule has 7 heteroatoms. The monoisotopic (exact) mass is 320 g/mol. The van der Waals surface area contributed by atoms with Crippen LogP contribution in [-0.2, 0) is 4.57 Å². The lowest BCUT2D eigenvalue weighted by molar-refractivity contribution is -0.255. The van der Waals surface area contributed by atoms with Crippen LogP contribution in [0.5, 0.6) is 0 Å². The molecule has 104 valence electrons. The van der Waals surface area contributed by atoms with Gasteiger partial charge in [-0.25, -0.2) is 0 Å². The molecule has 19 heavy (non-hydrogen) atoms. The van der Waals surface area contributed by atoms with Crippen molar-refractivity contribution in [2.75, 3.05) is 0 Å². The second kappa shape index (κ2) is 7.06. The van der Waals surface area contributed by atoms with Gasteiger partial charge in [-0.1, -0.05) is 12.1 Å². The Morgan fingerprint density at radius 1 is 0.842 bits per heavy atom. The number of hydrogen-bond donors (Lipinski definition) is 3. The third-order valence-electron chi connectivity index (χ3n) is 2.52. The van der Waals surface area contributed by atoms with Gasteiger partial charge >= 0.3 is 0 Å². The normalized spacial score (nSPS) is 10.3. The van der Waals surface area contributed by atoms with E-state index in [2.05, 4.69) is 11.5 Å². The van der Waals surface area contributed by atoms with E-state index in [0.717, 1.165) is 11.4 Å². The van der Waals surface area contributed by atoms with Crippen molar-refractivity contribution in [1.82, 2.24) is 0 Å². The summed E-state index contributed by atoms with van der Waals surface area (Å²) in [6, 6.07) is 13.6. The second-order valence-electron chi connectivity index (χ2n) is 3.92. The highest BCUT2D eigenvalue weighted by atomic mass is 35.5. The smallest absolute Gasteiger partial charge is 0.259 e. The van der Waals surface area contributed by atoms with Crippen LogP contribution in [0.25, 0.3) is 0 Å². The number of hydrogen-bond acceptors (Lipinski definition) is 1. The second-order valence-corrected chi connectivity index (χ2v) is 6.10. The molecule has 0 spiro atoms. The van der Waals surface area contributed by atoms with Crippen LogP contribution < -0.4 is 46.9 Å². The number of quaternary nitrogens is 2. The van der Waals surface area contributed by atoms with Crippen LogP contribution in [0.15, 0.2) is 48.5 Å². The Labute approximate surface area is 124 Å². The predicted molar refractivity (Wildman–Crippen MR) is 67.1 cm³/mol. The molecule has 0 saturated heterocycles. The fourth-order valence-corrected chi connectivity index (χ4v) is 3.20. The van der Waals surface area contributed by atoms with Crippen molar-refractivity contribution in [3.05, 3.63) is 48.5 Å². The summed E-state index contributed by atoms with van der Waals surface area (Å²) in [4.78, 5) is 10.2. The molecule has 2 rings (SSSR count). The minimum atomic E-state index is -3.53. The lowest BCUT2D eigenvalue weighted by Gasteiger charge is -2.11. The van der Waals surface area contributed by atoms with Gasteiger partial charge in [0.05, 0.1) is 0 Å². The Morgan fingerprint density at radius 2 is 1.21 bits per heavy atom. The minimum Gasteiger partial charge on any atom is -1.00 e. The molecular formula is C12H15Cl2N2O2P. The largest absolute Gasteiger partial charge is 1.00 e. The summed E-state index contributed by atoms with van der Waals surface area (Å²) in [5.74, 6) is 0. The van der Waals surface area contributed by atoms with E-state index >= 15 is 0 Å². The van der Waals surface area contributed by atoms with Crippen molar-refractivity contribution in [2.24, 2.45) is 0 Å². The van der Waals surface area contributed by atoms with Gasteiger partial charge in [0.2, 0.25) is 0 Å². The van der Waals surface area contributed by atoms with Crippen molar-refractivity contribution in [3.63, 3.8) is 0 Å². The van der Waals surface area contributed by atoms with Crippen LogP contribution in [-0.4, -0.2) is 4.89 Å². The van der Waals surface area contributed by atoms with Gasteiger partial charge in [-0.3, -0.25) is 4.57 Å². The van der Waals surface area contributed by atoms with Crippen molar-refractivity contribution in [2.45, 2.75) is 0 Å². The molecule has 0 aliphatic heterocycles. The SMILES string of the molecule is [Cl-].[Cl-].[NH3+]c1cccc(P(=O)(O)c2cccc([NH3+])c2)c1. The highest BCUT2D eigenvalue weighted by Gasteiger charge is 2.25. The molecule has 0 aliphatic carbocycles. The summed E-state index contributed by atoms with van der Waals surface area (Å²) in [5, 5.41) is 0.797. The molecule has 0 aromatic heterocycles. The van der Waals surface area contributed by atoms with Gasteiger partial charge in [0.25, 0.3) is 7.37 Å². The first-order valence-corrected chi connectivity index (χ1v) is 6.84. The van der Waals surface area contributed by atoms with Crippen molar-refractivity contribution < 1.29 is 45.7 Å². The summed E-state index contributed by atoms with van der Waals surface area (Å²) in [7, 11) is -3.53. The molecule has 0 amide bonds. The Balaban J connectivity index is 0.00000162. The summed E-state index contributed by atoms with van der Waals surface area (Å²) in [6.45, 7) is 0. The Hall–Kier alpha value is -0.870. The molecule has 0 aliphatic rings. The van der Waals surface area contributed by atoms with Crippen molar-refractivity contribution >= 4 is 29.4 Å². The average molecular weight is 321 g/mol. The zero-order valence-corrected chi connectivity index (χ0v) is 12.5. The zero-order valence-electron chi connectivity index (χ0n) is 10.1. The standard InChI is InChI=1S/C12H13N2O2P.2ClH/c13-9-3-1-5-11(7-9)17(15,16)12-6-2-4-10(14)8-12;;/h1-8H,13-14H2,(H,15,16);2*1H. The molecule has 0 radical (unpaired) electrons. The molecule has 2 aromatic carbocycles. The van der Waals surface area contributed by atoms with Crippen LogP contribution in [0.3, 0.4) is 0 Å². The predicted octanol–water partition coefficient (Wildman–Crippen LogP) is -6.34. The molecule has 4 nitrogen and oxygen atoms in total. The lowest BCUT2D eigenvalue weighted by Crippen LogP contribution is -3.00. The fourth-order valence-electron chi connectivity index (χ4n) is 1.64. The summed E-state index contributed by atoms with van der Waals surface area (Å²) >= 11 is 0. The zero-order chi connectivity index (χ0) is 12.5. The lowest BCUT2D eigenvalue weighted by atomic mass is 10.3. The van der Waals surface area contributed by atoms with Crippen LogP contribution in [0, 0.1) is 0 Å². The Bertz CT molecular complexity index is 558. The number of rotatable bonds is 2. The van der Waals surface area contributed by atoms with Crippen LogP contribution in [0.2, 0.25) is 0 Å². The molecule has 0 bridgehead atoms. The highest BCUT2D eigenvalue weighted by Crippen LogP contribution is 2.38. The third-order valence-corrected chi connectivity index (χ3v) is 4.48. The average Bonchev–Trinajstić information content (AvgIpc) is 2.29. The number of benzene rings is 2. The van der Waals surface area contributed by atoms with Gasteiger partial charge in [0.15, 0.2) is 0 Å². The van der Waals surface area contributed by atoms with Gasteiger partial charge in [-0.15, -0.1) is 0 Å². The van der Waals surface area contributed by atoms with E-state index in [1.165, 1.54) is 0 Å². The van der Waals surface area contributed by atoms with Crippen LogP contribution in [0.4, 0.5) is 11.4 Å². The Morgan fingerprint density at radius 3 is 1.53 bits per heavy atom. The first-order chi connectivity index (χ1) is 8.00. The molecule has 7 N–H and O–H groups in total. The van der Waals surface area contributed by atoms with E-state index in [4.69, 9.17) is 0 Å². The minimum absolute atomic E-state index is 0. The third kappa shape index (κ3) is 4.05. The Kier molecular flexibility index (Phi) is 6.73. The molecule has 0 unspecified atom stereocenters. The molecule has 0 heterocycles. The van der Waals surface area contributed by atoms with Gasteiger partial charge in [-0.2, -0.15) is 0 Å². The van der Waals surface area contributed by atoms with Crippen molar-refractivity contribution in [1.29, 1.82) is 0 Å². The van der Waals surface area contributed by atoms with Gasteiger partial charge in [0, 0.05) is 22.7 Å². The van der Waals surface area contributed by atoms with E-state index in [1.54, 1.807) is 48.5 Å². The quantitative estimate of drug-likeness (QED) is 0.480. The summed E-state index contributed by atoms with van der Waals surface area (Å²) in [6.07, 6.45) is 0. The highest BCUT2D eigenvalue weighted by molar-refractivity contribution is 7.73. The molecule has 0 fully saturated rings. The van der Waals surface area contributed by atoms with E-state index in [0.29, 0.717) is 10.6 Å². The first-order valence-electron chi connectivity index (χ1n) is 5.18. The maximum absolute atomic E-state index is 12.4. The van der Waals surface area contributed by atoms with Gasteiger partial charge in [0.1, 0.15) is 11.4 Å².